The maximum absolute atomic E-state index is 12.9. The molecule has 0 saturated carbocycles. The van der Waals surface area contributed by atoms with E-state index in [0.717, 1.165) is 43.9 Å². The van der Waals surface area contributed by atoms with Gasteiger partial charge < -0.3 is 9.73 Å². The van der Waals surface area contributed by atoms with Crippen molar-refractivity contribution >= 4 is 27.7 Å². The van der Waals surface area contributed by atoms with Crippen LogP contribution in [0.4, 0.5) is 0 Å². The summed E-state index contributed by atoms with van der Waals surface area (Å²) in [6, 6.07) is 6.54. The number of sulfonamides is 1. The molecule has 0 aliphatic carbocycles. The number of nitrogens with one attached hydrogen (secondary N) is 1. The van der Waals surface area contributed by atoms with Gasteiger partial charge in [0, 0.05) is 25.2 Å². The molecule has 1 aromatic heterocycles. The number of amides is 1. The molecule has 1 fully saturated rings. The Hall–Kier alpha value is -1.91. The Morgan fingerprint density at radius 3 is 2.79 bits per heavy atom. The third kappa shape index (κ3) is 5.80. The maximum atomic E-state index is 12.9. The van der Waals surface area contributed by atoms with Crippen LogP contribution < -0.4 is 5.32 Å². The Morgan fingerprint density at radius 2 is 2.03 bits per heavy atom. The van der Waals surface area contributed by atoms with Gasteiger partial charge in [-0.25, -0.2) is 8.42 Å². The minimum Gasteiger partial charge on any atom is -0.411 e. The number of carbonyl (C=O) groups excluding carboxylic acids is 1. The van der Waals surface area contributed by atoms with Gasteiger partial charge in [0.25, 0.3) is 5.22 Å². The molecule has 1 N–H and O–H groups in total. The van der Waals surface area contributed by atoms with Gasteiger partial charge in [0.15, 0.2) is 0 Å². The molecule has 2 heterocycles. The minimum atomic E-state index is -3.53. The number of thioether (sulfide) groups is 1. The van der Waals surface area contributed by atoms with E-state index in [9.17, 15) is 13.2 Å². The number of nitrogens with zero attached hydrogens (tertiary/aromatic N) is 3. The van der Waals surface area contributed by atoms with E-state index in [1.54, 1.807) is 24.3 Å². The second-order valence-corrected chi connectivity index (χ2v) is 9.72. The SMILES string of the molecule is CCCCNC(=O)CSc1nnc(-c2cccc(S(=O)(=O)N3CCCCC3)c2)o1. The summed E-state index contributed by atoms with van der Waals surface area (Å²) in [6.45, 7) is 3.82. The highest BCUT2D eigenvalue weighted by atomic mass is 32.2. The van der Waals surface area contributed by atoms with Crippen LogP contribution in [0.15, 0.2) is 38.8 Å². The van der Waals surface area contributed by atoms with Crippen LogP contribution in [0, 0.1) is 0 Å². The van der Waals surface area contributed by atoms with Gasteiger partial charge >= 0.3 is 0 Å². The molecule has 2 aromatic rings. The molecule has 0 atom stereocenters. The Morgan fingerprint density at radius 1 is 1.24 bits per heavy atom. The summed E-state index contributed by atoms with van der Waals surface area (Å²) in [5.41, 5.74) is 0.537. The van der Waals surface area contributed by atoms with Crippen molar-refractivity contribution in [2.24, 2.45) is 0 Å². The molecule has 158 valence electrons. The highest BCUT2D eigenvalue weighted by Crippen LogP contribution is 2.27. The van der Waals surface area contributed by atoms with E-state index in [0.29, 0.717) is 25.2 Å². The first-order chi connectivity index (χ1) is 14.0. The Kier molecular flexibility index (Phi) is 7.68. The molecule has 1 amide bonds. The van der Waals surface area contributed by atoms with E-state index in [1.165, 1.54) is 4.31 Å². The average molecular weight is 439 g/mol. The van der Waals surface area contributed by atoms with Gasteiger partial charge in [-0.1, -0.05) is 37.6 Å². The second kappa shape index (κ2) is 10.2. The molecule has 29 heavy (non-hydrogen) atoms. The number of unbranched alkanes of at least 4 members (excludes halogenated alkanes) is 1. The number of hydrogen-bond acceptors (Lipinski definition) is 7. The van der Waals surface area contributed by atoms with Crippen LogP contribution in [-0.4, -0.2) is 54.2 Å². The van der Waals surface area contributed by atoms with E-state index in [1.807, 2.05) is 0 Å². The van der Waals surface area contributed by atoms with Crippen LogP contribution in [0.3, 0.4) is 0 Å². The smallest absolute Gasteiger partial charge is 0.277 e. The predicted octanol–water partition coefficient (Wildman–Crippen LogP) is 2.92. The van der Waals surface area contributed by atoms with Crippen molar-refractivity contribution in [2.75, 3.05) is 25.4 Å². The molecular weight excluding hydrogens is 412 g/mol. The number of aromatic nitrogens is 2. The number of benzene rings is 1. The molecule has 0 bridgehead atoms. The quantitative estimate of drug-likeness (QED) is 0.474. The summed E-state index contributed by atoms with van der Waals surface area (Å²) < 4.78 is 32.9. The van der Waals surface area contributed by atoms with Gasteiger partial charge in [0.1, 0.15) is 0 Å². The molecule has 10 heteroatoms. The van der Waals surface area contributed by atoms with Crippen molar-refractivity contribution in [3.05, 3.63) is 24.3 Å². The molecule has 8 nitrogen and oxygen atoms in total. The average Bonchev–Trinajstić information content (AvgIpc) is 3.22. The highest BCUT2D eigenvalue weighted by molar-refractivity contribution is 7.99. The van der Waals surface area contributed by atoms with E-state index >= 15 is 0 Å². The van der Waals surface area contributed by atoms with Gasteiger partial charge in [-0.2, -0.15) is 4.31 Å². The summed E-state index contributed by atoms with van der Waals surface area (Å²) >= 11 is 1.16. The largest absolute Gasteiger partial charge is 0.411 e. The zero-order valence-electron chi connectivity index (χ0n) is 16.5. The molecule has 0 radical (unpaired) electrons. The van der Waals surface area contributed by atoms with Crippen molar-refractivity contribution < 1.29 is 17.6 Å². The molecule has 3 rings (SSSR count). The fourth-order valence-electron chi connectivity index (χ4n) is 3.01. The van der Waals surface area contributed by atoms with Crippen LogP contribution in [-0.2, 0) is 14.8 Å². The standard InChI is InChI=1S/C19H26N4O4S2/c1-2-3-10-20-17(24)14-28-19-22-21-18(27-19)15-8-7-9-16(13-15)29(25,26)23-11-5-4-6-12-23/h7-9,13H,2-6,10-12,14H2,1H3,(H,20,24). The lowest BCUT2D eigenvalue weighted by Gasteiger charge is -2.25. The first-order valence-corrected chi connectivity index (χ1v) is 12.3. The van der Waals surface area contributed by atoms with Crippen LogP contribution in [0.1, 0.15) is 39.0 Å². The van der Waals surface area contributed by atoms with Gasteiger partial charge in [0.2, 0.25) is 21.8 Å². The predicted molar refractivity (Wildman–Crippen MR) is 111 cm³/mol. The molecule has 1 aliphatic heterocycles. The first kappa shape index (κ1) is 21.8. The Balaban J connectivity index is 1.66. The topological polar surface area (TPSA) is 105 Å². The third-order valence-corrected chi connectivity index (χ3v) is 7.33. The number of piperidine rings is 1. The maximum Gasteiger partial charge on any atom is 0.277 e. The van der Waals surface area contributed by atoms with E-state index < -0.39 is 10.0 Å². The summed E-state index contributed by atoms with van der Waals surface area (Å²) in [4.78, 5) is 12.0. The van der Waals surface area contributed by atoms with Gasteiger partial charge in [-0.15, -0.1) is 10.2 Å². The molecular formula is C19H26N4O4S2. The van der Waals surface area contributed by atoms with E-state index in [-0.39, 0.29) is 27.7 Å². The molecule has 0 spiro atoms. The zero-order valence-corrected chi connectivity index (χ0v) is 18.1. The van der Waals surface area contributed by atoms with Crippen LogP contribution >= 0.6 is 11.8 Å². The Labute approximate surface area is 175 Å². The molecule has 1 saturated heterocycles. The van der Waals surface area contributed by atoms with Crippen molar-refractivity contribution in [3.8, 4) is 11.5 Å². The summed E-state index contributed by atoms with van der Waals surface area (Å²) in [5.74, 6) is 0.335. The first-order valence-electron chi connectivity index (χ1n) is 9.84. The number of carbonyl (C=O) groups is 1. The van der Waals surface area contributed by atoms with Gasteiger partial charge in [-0.05, 0) is 37.5 Å². The number of rotatable bonds is 9. The van der Waals surface area contributed by atoms with Crippen LogP contribution in [0.2, 0.25) is 0 Å². The summed E-state index contributed by atoms with van der Waals surface area (Å²) in [6.07, 6.45) is 4.79. The third-order valence-electron chi connectivity index (χ3n) is 4.62. The summed E-state index contributed by atoms with van der Waals surface area (Å²) in [5, 5.41) is 11.0. The minimum absolute atomic E-state index is 0.0853. The molecule has 0 unspecified atom stereocenters. The van der Waals surface area contributed by atoms with Gasteiger partial charge in [0.05, 0.1) is 10.6 Å². The van der Waals surface area contributed by atoms with Crippen molar-refractivity contribution in [1.29, 1.82) is 0 Å². The van der Waals surface area contributed by atoms with Crippen LogP contribution in [0.5, 0.6) is 0 Å². The fourth-order valence-corrected chi connectivity index (χ4v) is 5.17. The van der Waals surface area contributed by atoms with Crippen LogP contribution in [0.25, 0.3) is 11.5 Å². The summed E-state index contributed by atoms with van der Waals surface area (Å²) in [7, 11) is -3.53. The lowest BCUT2D eigenvalue weighted by atomic mass is 10.2. The zero-order chi connectivity index (χ0) is 20.7. The molecule has 1 aromatic carbocycles. The second-order valence-electron chi connectivity index (χ2n) is 6.86. The Bertz CT molecular complexity index is 924. The number of hydrogen-bond donors (Lipinski definition) is 1. The highest BCUT2D eigenvalue weighted by Gasteiger charge is 2.26. The van der Waals surface area contributed by atoms with Crippen molar-refractivity contribution in [3.63, 3.8) is 0 Å². The normalized spacial score (nSPS) is 15.3. The van der Waals surface area contributed by atoms with E-state index in [2.05, 4.69) is 22.4 Å². The van der Waals surface area contributed by atoms with Gasteiger partial charge in [-0.3, -0.25) is 4.79 Å². The lowest BCUT2D eigenvalue weighted by Crippen LogP contribution is -2.35. The molecule has 1 aliphatic rings. The van der Waals surface area contributed by atoms with Crippen molar-refractivity contribution in [1.82, 2.24) is 19.8 Å². The van der Waals surface area contributed by atoms with E-state index in [4.69, 9.17) is 4.42 Å². The lowest BCUT2D eigenvalue weighted by molar-refractivity contribution is -0.118. The van der Waals surface area contributed by atoms with Crippen molar-refractivity contribution in [2.45, 2.75) is 49.1 Å². The monoisotopic (exact) mass is 438 g/mol. The fraction of sp³-hybridized carbons (Fsp3) is 0.526.